The third-order valence-electron chi connectivity index (χ3n) is 2.76. The van der Waals surface area contributed by atoms with Crippen molar-refractivity contribution in [3.63, 3.8) is 0 Å². The van der Waals surface area contributed by atoms with E-state index in [4.69, 9.17) is 4.74 Å². The molecule has 3 heteroatoms. The first-order valence-corrected chi connectivity index (χ1v) is 5.92. The van der Waals surface area contributed by atoms with Crippen LogP contribution >= 0.6 is 0 Å². The molecule has 0 spiro atoms. The zero-order valence-corrected chi connectivity index (χ0v) is 11.1. The molecule has 0 saturated heterocycles. The number of hydrogen-bond acceptors (Lipinski definition) is 2. The Kier molecular flexibility index (Phi) is 5.16. The molecule has 1 rings (SSSR count). The average Bonchev–Trinajstić information content (AvgIpc) is 2.29. The second kappa shape index (κ2) is 6.40. The summed E-state index contributed by atoms with van der Waals surface area (Å²) in [6, 6.07) is 6.29. The molecule has 0 aliphatic carbocycles. The van der Waals surface area contributed by atoms with E-state index in [1.807, 2.05) is 6.92 Å². The van der Waals surface area contributed by atoms with E-state index >= 15 is 0 Å². The van der Waals surface area contributed by atoms with Crippen LogP contribution in [0, 0.1) is 13.8 Å². The Labute approximate surface area is 103 Å². The number of carbonyl (C=O) groups is 1. The lowest BCUT2D eigenvalue weighted by molar-refractivity contribution is -0.135. The molecule has 0 bridgehead atoms. The first-order chi connectivity index (χ1) is 8.04. The van der Waals surface area contributed by atoms with E-state index < -0.39 is 0 Å². The quantitative estimate of drug-likeness (QED) is 0.783. The Morgan fingerprint density at radius 1 is 1.35 bits per heavy atom. The number of benzene rings is 1. The van der Waals surface area contributed by atoms with Crippen molar-refractivity contribution in [2.75, 3.05) is 20.3 Å². The van der Waals surface area contributed by atoms with Gasteiger partial charge in [-0.3, -0.25) is 4.79 Å². The van der Waals surface area contributed by atoms with Crippen LogP contribution in [0.4, 0.5) is 0 Å². The van der Waals surface area contributed by atoms with Crippen LogP contribution in [-0.4, -0.2) is 31.1 Å². The molecule has 0 aliphatic heterocycles. The molecule has 0 aliphatic rings. The zero-order valence-electron chi connectivity index (χ0n) is 11.1. The second-order valence-corrected chi connectivity index (χ2v) is 4.32. The second-order valence-electron chi connectivity index (χ2n) is 4.32. The fourth-order valence-electron chi connectivity index (χ4n) is 1.67. The molecule has 0 N–H and O–H groups in total. The summed E-state index contributed by atoms with van der Waals surface area (Å²) in [4.78, 5) is 13.4. The van der Waals surface area contributed by atoms with Crippen molar-refractivity contribution in [2.24, 2.45) is 0 Å². The van der Waals surface area contributed by atoms with Crippen molar-refractivity contribution in [3.8, 4) is 0 Å². The smallest absolute Gasteiger partial charge is 0.248 e. The Hall–Kier alpha value is -1.35. The zero-order chi connectivity index (χ0) is 12.8. The number of ether oxygens (including phenoxy) is 1. The van der Waals surface area contributed by atoms with Crippen LogP contribution in [0.1, 0.15) is 23.6 Å². The molecule has 1 amide bonds. The molecule has 3 nitrogen and oxygen atoms in total. The van der Waals surface area contributed by atoms with E-state index in [0.29, 0.717) is 13.2 Å². The van der Waals surface area contributed by atoms with Crippen molar-refractivity contribution < 1.29 is 9.53 Å². The van der Waals surface area contributed by atoms with Crippen molar-refractivity contribution >= 4 is 5.91 Å². The number of rotatable bonds is 5. The Morgan fingerprint density at radius 3 is 2.65 bits per heavy atom. The molecule has 1 aromatic carbocycles. The largest absolute Gasteiger partial charge is 0.372 e. The van der Waals surface area contributed by atoms with E-state index in [2.05, 4.69) is 32.0 Å². The van der Waals surface area contributed by atoms with Gasteiger partial charge in [-0.05, 0) is 31.9 Å². The van der Waals surface area contributed by atoms with Crippen molar-refractivity contribution in [1.29, 1.82) is 0 Å². The minimum Gasteiger partial charge on any atom is -0.372 e. The van der Waals surface area contributed by atoms with E-state index in [0.717, 1.165) is 0 Å². The van der Waals surface area contributed by atoms with Gasteiger partial charge < -0.3 is 9.64 Å². The van der Waals surface area contributed by atoms with E-state index in [-0.39, 0.29) is 12.5 Å². The van der Waals surface area contributed by atoms with Crippen molar-refractivity contribution in [1.82, 2.24) is 4.90 Å². The van der Waals surface area contributed by atoms with E-state index in [1.54, 1.807) is 11.9 Å². The molecule has 0 heterocycles. The van der Waals surface area contributed by atoms with Crippen LogP contribution in [-0.2, 0) is 16.1 Å². The monoisotopic (exact) mass is 235 g/mol. The Bertz CT molecular complexity index is 388. The lowest BCUT2D eigenvalue weighted by Gasteiger charge is -2.18. The number of amides is 1. The highest BCUT2D eigenvalue weighted by Gasteiger charge is 2.10. The topological polar surface area (TPSA) is 29.5 Å². The molecule has 0 saturated carbocycles. The van der Waals surface area contributed by atoms with Crippen LogP contribution in [0.3, 0.4) is 0 Å². The van der Waals surface area contributed by atoms with E-state index in [9.17, 15) is 4.79 Å². The maximum Gasteiger partial charge on any atom is 0.248 e. The Morgan fingerprint density at radius 2 is 2.06 bits per heavy atom. The minimum atomic E-state index is 0.0202. The lowest BCUT2D eigenvalue weighted by atomic mass is 10.1. The fraction of sp³-hybridized carbons (Fsp3) is 0.500. The summed E-state index contributed by atoms with van der Waals surface area (Å²) in [5, 5.41) is 0. The molecule has 17 heavy (non-hydrogen) atoms. The summed E-state index contributed by atoms with van der Waals surface area (Å²) < 4.78 is 5.11. The van der Waals surface area contributed by atoms with Crippen LogP contribution in [0.15, 0.2) is 18.2 Å². The number of aryl methyl sites for hydroxylation is 2. The molecule has 0 atom stereocenters. The highest BCUT2D eigenvalue weighted by molar-refractivity contribution is 5.77. The SMILES string of the molecule is CCOCC(=O)N(C)Cc1ccc(C)cc1C. The van der Waals surface area contributed by atoms with Gasteiger partial charge in [0.2, 0.25) is 5.91 Å². The van der Waals surface area contributed by atoms with Gasteiger partial charge in [-0.25, -0.2) is 0 Å². The normalized spacial score (nSPS) is 10.4. The molecule has 0 aromatic heterocycles. The van der Waals surface area contributed by atoms with Gasteiger partial charge in [0.05, 0.1) is 0 Å². The van der Waals surface area contributed by atoms with Gasteiger partial charge in [0.25, 0.3) is 0 Å². The summed E-state index contributed by atoms with van der Waals surface area (Å²) >= 11 is 0. The summed E-state index contributed by atoms with van der Waals surface area (Å²) in [7, 11) is 1.81. The van der Waals surface area contributed by atoms with Gasteiger partial charge in [0.15, 0.2) is 0 Å². The van der Waals surface area contributed by atoms with Crippen LogP contribution in [0.2, 0.25) is 0 Å². The van der Waals surface area contributed by atoms with Gasteiger partial charge in [-0.15, -0.1) is 0 Å². The molecule has 0 radical (unpaired) electrons. The lowest BCUT2D eigenvalue weighted by Crippen LogP contribution is -2.30. The summed E-state index contributed by atoms with van der Waals surface area (Å²) in [5.41, 5.74) is 3.65. The summed E-state index contributed by atoms with van der Waals surface area (Å²) in [5.74, 6) is 0.0202. The van der Waals surface area contributed by atoms with Gasteiger partial charge in [0, 0.05) is 20.2 Å². The molecule has 1 aromatic rings. The molecule has 94 valence electrons. The fourth-order valence-corrected chi connectivity index (χ4v) is 1.67. The Balaban J connectivity index is 2.61. The predicted octanol–water partition coefficient (Wildman–Crippen LogP) is 2.30. The summed E-state index contributed by atoms with van der Waals surface area (Å²) in [6.45, 7) is 7.40. The van der Waals surface area contributed by atoms with Crippen molar-refractivity contribution in [3.05, 3.63) is 34.9 Å². The number of carbonyl (C=O) groups excluding carboxylic acids is 1. The minimum absolute atomic E-state index is 0.0202. The molecular weight excluding hydrogens is 214 g/mol. The maximum absolute atomic E-state index is 11.7. The maximum atomic E-state index is 11.7. The predicted molar refractivity (Wildman–Crippen MR) is 68.9 cm³/mol. The van der Waals surface area contributed by atoms with Gasteiger partial charge >= 0.3 is 0 Å². The van der Waals surface area contributed by atoms with Crippen LogP contribution in [0.5, 0.6) is 0 Å². The van der Waals surface area contributed by atoms with Crippen molar-refractivity contribution in [2.45, 2.75) is 27.3 Å². The highest BCUT2D eigenvalue weighted by atomic mass is 16.5. The average molecular weight is 235 g/mol. The standard InChI is InChI=1S/C14H21NO2/c1-5-17-10-14(16)15(4)9-13-7-6-11(2)8-12(13)3/h6-8H,5,9-10H2,1-4H3. The van der Waals surface area contributed by atoms with E-state index in [1.165, 1.54) is 16.7 Å². The first-order valence-electron chi connectivity index (χ1n) is 5.92. The number of likely N-dealkylation sites (N-methyl/N-ethyl adjacent to an activating group) is 1. The molecular formula is C14H21NO2. The van der Waals surface area contributed by atoms with Gasteiger partial charge in [-0.2, -0.15) is 0 Å². The number of nitrogens with zero attached hydrogens (tertiary/aromatic N) is 1. The highest BCUT2D eigenvalue weighted by Crippen LogP contribution is 2.12. The van der Waals surface area contributed by atoms with Crippen LogP contribution in [0.25, 0.3) is 0 Å². The third-order valence-corrected chi connectivity index (χ3v) is 2.76. The molecule has 0 unspecified atom stereocenters. The summed E-state index contributed by atoms with van der Waals surface area (Å²) in [6.07, 6.45) is 0. The third kappa shape index (κ3) is 4.19. The number of hydrogen-bond donors (Lipinski definition) is 0. The van der Waals surface area contributed by atoms with Gasteiger partial charge in [-0.1, -0.05) is 23.8 Å². The molecule has 0 fully saturated rings. The van der Waals surface area contributed by atoms with Crippen LogP contribution < -0.4 is 0 Å². The first kappa shape index (κ1) is 13.7. The van der Waals surface area contributed by atoms with Gasteiger partial charge in [0.1, 0.15) is 6.61 Å².